The van der Waals surface area contributed by atoms with E-state index in [1.165, 1.54) is 18.3 Å². The number of halogens is 2. The average Bonchev–Trinajstić information content (AvgIpc) is 2.55. The molecule has 2 rings (SSSR count). The van der Waals surface area contributed by atoms with Gasteiger partial charge in [0.2, 0.25) is 10.0 Å². The monoisotopic (exact) mass is 399 g/mol. The number of carbonyl (C=O) groups excluding carboxylic acids is 1. The number of nitro benzene ring substituents is 1. The second kappa shape index (κ2) is 8.02. The van der Waals surface area contributed by atoms with Crippen LogP contribution in [0.1, 0.15) is 11.1 Å². The number of nitrogens with one attached hydrogen (secondary N) is 1. The Balaban J connectivity index is 2.09. The maximum absolute atomic E-state index is 13.1. The number of sulfonamides is 1. The first-order valence-electron chi connectivity index (χ1n) is 6.93. The third-order valence-electron chi connectivity index (χ3n) is 3.00. The van der Waals surface area contributed by atoms with Gasteiger partial charge in [0.25, 0.3) is 11.6 Å². The van der Waals surface area contributed by atoms with Gasteiger partial charge < -0.3 is 0 Å². The Kier molecular flexibility index (Phi) is 6.01. The standard InChI is InChI=1S/C15H11ClFN3O5S/c16-14-5-1-10(8-18-14)9-26(24,25)19-15(21)6-3-11-2-4-12(17)7-13(11)20(22)23/h1-8H,9H2,(H,19,21). The normalized spacial score (nSPS) is 11.5. The number of nitrogens with zero attached hydrogens (tertiary/aromatic N) is 2. The van der Waals surface area contributed by atoms with Gasteiger partial charge in [0.05, 0.1) is 22.3 Å². The van der Waals surface area contributed by atoms with Gasteiger partial charge in [-0.25, -0.2) is 22.5 Å². The van der Waals surface area contributed by atoms with Crippen LogP contribution >= 0.6 is 11.6 Å². The van der Waals surface area contributed by atoms with Crippen LogP contribution in [0.5, 0.6) is 0 Å². The van der Waals surface area contributed by atoms with Crippen molar-refractivity contribution < 1.29 is 22.5 Å². The fraction of sp³-hybridized carbons (Fsp3) is 0.0667. The summed E-state index contributed by atoms with van der Waals surface area (Å²) >= 11 is 5.60. The molecule has 0 aliphatic heterocycles. The molecular formula is C15H11ClFN3O5S. The molecule has 11 heteroatoms. The molecule has 0 saturated heterocycles. The van der Waals surface area contributed by atoms with E-state index in [4.69, 9.17) is 11.6 Å². The van der Waals surface area contributed by atoms with Gasteiger partial charge in [0, 0.05) is 12.3 Å². The second-order valence-corrected chi connectivity index (χ2v) is 7.12. The lowest BCUT2D eigenvalue weighted by Crippen LogP contribution is -2.30. The zero-order chi connectivity index (χ0) is 19.3. The van der Waals surface area contributed by atoms with Gasteiger partial charge in [0.1, 0.15) is 11.0 Å². The Morgan fingerprint density at radius 2 is 2.08 bits per heavy atom. The summed E-state index contributed by atoms with van der Waals surface area (Å²) in [6, 6.07) is 5.63. The summed E-state index contributed by atoms with van der Waals surface area (Å²) in [6.45, 7) is 0. The number of nitro groups is 1. The molecule has 26 heavy (non-hydrogen) atoms. The van der Waals surface area contributed by atoms with Crippen LogP contribution in [-0.2, 0) is 20.6 Å². The summed E-state index contributed by atoms with van der Waals surface area (Å²) in [5, 5.41) is 11.1. The molecule has 0 aliphatic rings. The molecule has 0 bridgehead atoms. The van der Waals surface area contributed by atoms with Gasteiger partial charge >= 0.3 is 0 Å². The van der Waals surface area contributed by atoms with Crippen molar-refractivity contribution in [1.82, 2.24) is 9.71 Å². The number of pyridine rings is 1. The molecule has 8 nitrogen and oxygen atoms in total. The molecule has 0 saturated carbocycles. The summed E-state index contributed by atoms with van der Waals surface area (Å²) in [5.41, 5.74) is -0.289. The summed E-state index contributed by atoms with van der Waals surface area (Å²) in [4.78, 5) is 25.6. The fourth-order valence-electron chi connectivity index (χ4n) is 1.92. The van der Waals surface area contributed by atoms with Crippen molar-refractivity contribution >= 4 is 39.3 Å². The molecule has 1 aromatic heterocycles. The van der Waals surface area contributed by atoms with Gasteiger partial charge in [-0.3, -0.25) is 14.9 Å². The minimum Gasteiger partial charge on any atom is -0.269 e. The van der Waals surface area contributed by atoms with E-state index < -0.39 is 38.1 Å². The number of carbonyl (C=O) groups is 1. The highest BCUT2D eigenvalue weighted by atomic mass is 35.5. The van der Waals surface area contributed by atoms with Crippen LogP contribution in [0, 0.1) is 15.9 Å². The first kappa shape index (κ1) is 19.5. The molecular weight excluding hydrogens is 389 g/mol. The van der Waals surface area contributed by atoms with Crippen LogP contribution in [0.4, 0.5) is 10.1 Å². The molecule has 1 aromatic carbocycles. The molecule has 0 fully saturated rings. The lowest BCUT2D eigenvalue weighted by Gasteiger charge is -2.05. The Morgan fingerprint density at radius 1 is 1.35 bits per heavy atom. The summed E-state index contributed by atoms with van der Waals surface area (Å²) in [6.07, 6.45) is 3.08. The Hall–Kier alpha value is -2.85. The lowest BCUT2D eigenvalue weighted by molar-refractivity contribution is -0.385. The van der Waals surface area contributed by atoms with Crippen molar-refractivity contribution in [2.45, 2.75) is 5.75 Å². The fourth-order valence-corrected chi connectivity index (χ4v) is 3.08. The molecule has 1 N–H and O–H groups in total. The third-order valence-corrected chi connectivity index (χ3v) is 4.45. The van der Waals surface area contributed by atoms with Crippen LogP contribution in [0.15, 0.2) is 42.6 Å². The summed E-state index contributed by atoms with van der Waals surface area (Å²) in [7, 11) is -4.01. The van der Waals surface area contributed by atoms with Crippen LogP contribution < -0.4 is 4.72 Å². The van der Waals surface area contributed by atoms with Gasteiger partial charge in [-0.2, -0.15) is 0 Å². The molecule has 1 amide bonds. The van der Waals surface area contributed by atoms with Gasteiger partial charge in [-0.15, -0.1) is 0 Å². The maximum atomic E-state index is 13.1. The van der Waals surface area contributed by atoms with Crippen LogP contribution in [-0.4, -0.2) is 24.2 Å². The van der Waals surface area contributed by atoms with E-state index in [1.807, 2.05) is 0 Å². The second-order valence-electron chi connectivity index (χ2n) is 5.01. The number of hydrogen-bond donors (Lipinski definition) is 1. The van der Waals surface area contributed by atoms with E-state index in [0.717, 1.165) is 24.3 Å². The zero-order valence-electron chi connectivity index (χ0n) is 12.9. The average molecular weight is 400 g/mol. The van der Waals surface area contributed by atoms with Crippen molar-refractivity contribution in [2.24, 2.45) is 0 Å². The first-order chi connectivity index (χ1) is 12.2. The minimum atomic E-state index is -4.01. The highest BCUT2D eigenvalue weighted by molar-refractivity contribution is 7.89. The van der Waals surface area contributed by atoms with Crippen molar-refractivity contribution in [2.75, 3.05) is 0 Å². The van der Waals surface area contributed by atoms with Crippen molar-refractivity contribution in [3.8, 4) is 0 Å². The smallest absolute Gasteiger partial charge is 0.269 e. The molecule has 2 aromatic rings. The molecule has 1 heterocycles. The van der Waals surface area contributed by atoms with E-state index in [0.29, 0.717) is 11.6 Å². The Morgan fingerprint density at radius 3 is 2.69 bits per heavy atom. The largest absolute Gasteiger partial charge is 0.279 e. The molecule has 136 valence electrons. The first-order valence-corrected chi connectivity index (χ1v) is 8.96. The third kappa shape index (κ3) is 5.60. The Bertz CT molecular complexity index is 977. The van der Waals surface area contributed by atoms with Crippen molar-refractivity contribution in [1.29, 1.82) is 0 Å². The highest BCUT2D eigenvalue weighted by Gasteiger charge is 2.16. The van der Waals surface area contributed by atoms with Crippen LogP contribution in [0.2, 0.25) is 5.15 Å². The molecule has 0 aliphatic carbocycles. The Labute approximate surface area is 152 Å². The van der Waals surface area contributed by atoms with E-state index >= 15 is 0 Å². The molecule has 0 unspecified atom stereocenters. The molecule has 0 spiro atoms. The lowest BCUT2D eigenvalue weighted by atomic mass is 10.1. The zero-order valence-corrected chi connectivity index (χ0v) is 14.5. The highest BCUT2D eigenvalue weighted by Crippen LogP contribution is 2.21. The summed E-state index contributed by atoms with van der Waals surface area (Å²) < 4.78 is 38.7. The van der Waals surface area contributed by atoms with Crippen LogP contribution in [0.3, 0.4) is 0 Å². The maximum Gasteiger partial charge on any atom is 0.279 e. The van der Waals surface area contributed by atoms with Crippen molar-refractivity contribution in [3.05, 3.63) is 74.8 Å². The number of rotatable bonds is 6. The number of hydrogen-bond acceptors (Lipinski definition) is 6. The number of amides is 1. The predicted molar refractivity (Wildman–Crippen MR) is 92.1 cm³/mol. The molecule has 0 atom stereocenters. The summed E-state index contributed by atoms with van der Waals surface area (Å²) in [5.74, 6) is -2.32. The van der Waals surface area contributed by atoms with E-state index in [9.17, 15) is 27.7 Å². The van der Waals surface area contributed by atoms with E-state index in [1.54, 1.807) is 4.72 Å². The number of benzene rings is 1. The topological polar surface area (TPSA) is 119 Å². The number of aromatic nitrogens is 1. The van der Waals surface area contributed by atoms with E-state index in [2.05, 4.69) is 4.98 Å². The minimum absolute atomic E-state index is 0.0501. The quantitative estimate of drug-likeness (QED) is 0.345. The molecule has 0 radical (unpaired) electrons. The van der Waals surface area contributed by atoms with Crippen LogP contribution in [0.25, 0.3) is 6.08 Å². The predicted octanol–water partition coefficient (Wildman–Crippen LogP) is 2.44. The van der Waals surface area contributed by atoms with E-state index in [-0.39, 0.29) is 10.7 Å². The van der Waals surface area contributed by atoms with Gasteiger partial charge in [-0.1, -0.05) is 17.7 Å². The van der Waals surface area contributed by atoms with Gasteiger partial charge in [-0.05, 0) is 29.8 Å². The SMILES string of the molecule is O=C(C=Cc1ccc(F)cc1[N+](=O)[O-])NS(=O)(=O)Cc1ccc(Cl)nc1. The van der Waals surface area contributed by atoms with Crippen molar-refractivity contribution in [3.63, 3.8) is 0 Å². The van der Waals surface area contributed by atoms with Gasteiger partial charge in [0.15, 0.2) is 0 Å².